The van der Waals surface area contributed by atoms with E-state index >= 15 is 0 Å². The zero-order chi connectivity index (χ0) is 13.9. The minimum atomic E-state index is -0.127. The molecule has 0 bridgehead atoms. The van der Waals surface area contributed by atoms with E-state index in [0.717, 1.165) is 15.5 Å². The number of carbonyl (C=O) groups is 1. The van der Waals surface area contributed by atoms with Gasteiger partial charge in [0.1, 0.15) is 0 Å². The Morgan fingerprint density at radius 1 is 1.26 bits per heavy atom. The molecule has 0 saturated carbocycles. The van der Waals surface area contributed by atoms with Crippen molar-refractivity contribution >= 4 is 28.8 Å². The fourth-order valence-corrected chi connectivity index (χ4v) is 2.57. The SMILES string of the molecule is CC(C)(CNC(=O)c1cccs1)c1ccc(Cl)cc1. The van der Waals surface area contributed by atoms with Crippen LogP contribution in [0.1, 0.15) is 29.1 Å². The van der Waals surface area contributed by atoms with Gasteiger partial charge < -0.3 is 5.32 Å². The van der Waals surface area contributed by atoms with Crippen LogP contribution < -0.4 is 5.32 Å². The van der Waals surface area contributed by atoms with E-state index in [1.807, 2.05) is 41.8 Å². The van der Waals surface area contributed by atoms with Gasteiger partial charge in [0.2, 0.25) is 0 Å². The Morgan fingerprint density at radius 2 is 1.95 bits per heavy atom. The first-order chi connectivity index (χ1) is 8.99. The Kier molecular flexibility index (Phi) is 4.27. The predicted molar refractivity (Wildman–Crippen MR) is 81.1 cm³/mol. The third-order valence-electron chi connectivity index (χ3n) is 3.06. The number of benzene rings is 1. The summed E-state index contributed by atoms with van der Waals surface area (Å²) in [6.07, 6.45) is 0. The van der Waals surface area contributed by atoms with E-state index in [1.165, 1.54) is 11.3 Å². The Bertz CT molecular complexity index is 546. The Labute approximate surface area is 122 Å². The van der Waals surface area contributed by atoms with Crippen molar-refractivity contribution in [1.29, 1.82) is 0 Å². The maximum Gasteiger partial charge on any atom is 0.261 e. The molecule has 0 unspecified atom stereocenters. The number of amides is 1. The fourth-order valence-electron chi connectivity index (χ4n) is 1.80. The molecule has 1 amide bonds. The number of halogens is 1. The molecule has 1 aromatic carbocycles. The van der Waals surface area contributed by atoms with Gasteiger partial charge in [-0.15, -0.1) is 11.3 Å². The van der Waals surface area contributed by atoms with Crippen LogP contribution in [0.5, 0.6) is 0 Å². The lowest BCUT2D eigenvalue weighted by molar-refractivity contribution is 0.0950. The summed E-state index contributed by atoms with van der Waals surface area (Å²) in [4.78, 5) is 12.7. The van der Waals surface area contributed by atoms with Crippen molar-refractivity contribution in [3.8, 4) is 0 Å². The van der Waals surface area contributed by atoms with Crippen molar-refractivity contribution in [2.75, 3.05) is 6.54 Å². The van der Waals surface area contributed by atoms with Gasteiger partial charge in [-0.3, -0.25) is 4.79 Å². The van der Waals surface area contributed by atoms with Crippen LogP contribution in [-0.4, -0.2) is 12.5 Å². The van der Waals surface area contributed by atoms with Gasteiger partial charge in [-0.05, 0) is 29.1 Å². The maximum absolute atomic E-state index is 11.9. The highest BCUT2D eigenvalue weighted by molar-refractivity contribution is 7.12. The maximum atomic E-state index is 11.9. The highest BCUT2D eigenvalue weighted by Gasteiger charge is 2.21. The van der Waals surface area contributed by atoms with Crippen LogP contribution in [0.2, 0.25) is 5.02 Å². The average Bonchev–Trinajstić information content (AvgIpc) is 2.90. The molecule has 0 aliphatic rings. The summed E-state index contributed by atoms with van der Waals surface area (Å²) in [5.41, 5.74) is 1.03. The van der Waals surface area contributed by atoms with Crippen LogP contribution in [0.4, 0.5) is 0 Å². The largest absolute Gasteiger partial charge is 0.350 e. The van der Waals surface area contributed by atoms with E-state index < -0.39 is 0 Å². The molecule has 2 rings (SSSR count). The van der Waals surface area contributed by atoms with Crippen LogP contribution >= 0.6 is 22.9 Å². The molecule has 0 radical (unpaired) electrons. The van der Waals surface area contributed by atoms with Gasteiger partial charge in [0.25, 0.3) is 5.91 Å². The molecule has 0 fully saturated rings. The van der Waals surface area contributed by atoms with Crippen molar-refractivity contribution in [2.24, 2.45) is 0 Å². The molecule has 2 aromatic rings. The van der Waals surface area contributed by atoms with Crippen LogP contribution in [-0.2, 0) is 5.41 Å². The zero-order valence-electron chi connectivity index (χ0n) is 10.9. The monoisotopic (exact) mass is 293 g/mol. The van der Waals surface area contributed by atoms with E-state index in [0.29, 0.717) is 6.54 Å². The standard InChI is InChI=1S/C15H16ClNOS/c1-15(2,11-5-7-12(16)8-6-11)10-17-14(18)13-4-3-9-19-13/h3-9H,10H2,1-2H3,(H,17,18). The average molecular weight is 294 g/mol. The van der Waals surface area contributed by atoms with E-state index in [4.69, 9.17) is 11.6 Å². The molecule has 4 heteroatoms. The first-order valence-corrected chi connectivity index (χ1v) is 7.32. The van der Waals surface area contributed by atoms with Gasteiger partial charge in [-0.25, -0.2) is 0 Å². The molecule has 2 nitrogen and oxygen atoms in total. The molecule has 0 saturated heterocycles. The van der Waals surface area contributed by atoms with Gasteiger partial charge in [-0.1, -0.05) is 43.6 Å². The fraction of sp³-hybridized carbons (Fsp3) is 0.267. The van der Waals surface area contributed by atoms with E-state index in [1.54, 1.807) is 0 Å². The summed E-state index contributed by atoms with van der Waals surface area (Å²) in [5.74, 6) is -0.0166. The molecule has 1 aromatic heterocycles. The Hall–Kier alpha value is -1.32. The van der Waals surface area contributed by atoms with Crippen LogP contribution in [0.3, 0.4) is 0 Å². The third-order valence-corrected chi connectivity index (χ3v) is 4.18. The molecule has 0 atom stereocenters. The van der Waals surface area contributed by atoms with Crippen molar-refractivity contribution in [3.63, 3.8) is 0 Å². The molecule has 0 spiro atoms. The van der Waals surface area contributed by atoms with Crippen molar-refractivity contribution in [1.82, 2.24) is 5.32 Å². The number of thiophene rings is 1. The number of carbonyl (C=O) groups excluding carboxylic acids is 1. The lowest BCUT2D eigenvalue weighted by Gasteiger charge is -2.25. The molecule has 0 aliphatic heterocycles. The highest BCUT2D eigenvalue weighted by atomic mass is 35.5. The topological polar surface area (TPSA) is 29.1 Å². The van der Waals surface area contributed by atoms with Gasteiger partial charge in [0, 0.05) is 17.0 Å². The molecule has 19 heavy (non-hydrogen) atoms. The molecular formula is C15H16ClNOS. The quantitative estimate of drug-likeness (QED) is 0.903. The Morgan fingerprint density at radius 3 is 2.53 bits per heavy atom. The number of nitrogens with one attached hydrogen (secondary N) is 1. The van der Waals surface area contributed by atoms with Crippen LogP contribution in [0.15, 0.2) is 41.8 Å². The lowest BCUT2D eigenvalue weighted by atomic mass is 9.84. The minimum Gasteiger partial charge on any atom is -0.350 e. The van der Waals surface area contributed by atoms with Crippen molar-refractivity contribution in [3.05, 3.63) is 57.2 Å². The predicted octanol–water partition coefficient (Wildman–Crippen LogP) is 4.11. The summed E-state index contributed by atoms with van der Waals surface area (Å²) >= 11 is 7.34. The first kappa shape index (κ1) is 14.1. The number of hydrogen-bond acceptors (Lipinski definition) is 2. The van der Waals surface area contributed by atoms with E-state index in [9.17, 15) is 4.79 Å². The van der Waals surface area contributed by atoms with Crippen molar-refractivity contribution in [2.45, 2.75) is 19.3 Å². The molecule has 1 heterocycles. The second kappa shape index (κ2) is 5.76. The lowest BCUT2D eigenvalue weighted by Crippen LogP contribution is -2.36. The van der Waals surface area contributed by atoms with Crippen molar-refractivity contribution < 1.29 is 4.79 Å². The molecule has 100 valence electrons. The smallest absolute Gasteiger partial charge is 0.261 e. The summed E-state index contributed by atoms with van der Waals surface area (Å²) in [6.45, 7) is 4.79. The summed E-state index contributed by atoms with van der Waals surface area (Å²) in [5, 5.41) is 5.60. The second-order valence-electron chi connectivity index (χ2n) is 5.05. The molecule has 0 aliphatic carbocycles. The molecule has 1 N–H and O–H groups in total. The summed E-state index contributed by atoms with van der Waals surface area (Å²) < 4.78 is 0. The van der Waals surface area contributed by atoms with Gasteiger partial charge >= 0.3 is 0 Å². The van der Waals surface area contributed by atoms with E-state index in [-0.39, 0.29) is 11.3 Å². The molecular weight excluding hydrogens is 278 g/mol. The Balaban J connectivity index is 2.01. The highest BCUT2D eigenvalue weighted by Crippen LogP contribution is 2.24. The zero-order valence-corrected chi connectivity index (χ0v) is 12.5. The summed E-state index contributed by atoms with van der Waals surface area (Å²) in [7, 11) is 0. The third kappa shape index (κ3) is 3.58. The first-order valence-electron chi connectivity index (χ1n) is 6.07. The summed E-state index contributed by atoms with van der Waals surface area (Å²) in [6, 6.07) is 11.5. The van der Waals surface area contributed by atoms with Gasteiger partial charge in [0.05, 0.1) is 4.88 Å². The van der Waals surface area contributed by atoms with Gasteiger partial charge in [0.15, 0.2) is 0 Å². The van der Waals surface area contributed by atoms with E-state index in [2.05, 4.69) is 19.2 Å². The van der Waals surface area contributed by atoms with Gasteiger partial charge in [-0.2, -0.15) is 0 Å². The normalized spacial score (nSPS) is 11.3. The van der Waals surface area contributed by atoms with Crippen LogP contribution in [0, 0.1) is 0 Å². The second-order valence-corrected chi connectivity index (χ2v) is 6.43. The van der Waals surface area contributed by atoms with Crippen LogP contribution in [0.25, 0.3) is 0 Å². The number of hydrogen-bond donors (Lipinski definition) is 1. The minimum absolute atomic E-state index is 0.0166. The number of rotatable bonds is 4.